The number of ketones is 1. The molecule has 6 rings (SSSR count). The van der Waals surface area contributed by atoms with Crippen LogP contribution >= 0.6 is 0 Å². The number of benzene rings is 3. The molecule has 0 N–H and O–H groups in total. The first kappa shape index (κ1) is 33.8. The third-order valence-corrected chi connectivity index (χ3v) is 8.39. The van der Waals surface area contributed by atoms with Crippen molar-refractivity contribution >= 4 is 17.7 Å². The third-order valence-electron chi connectivity index (χ3n) is 8.39. The monoisotopic (exact) mass is 666 g/mol. The molecule has 10 nitrogen and oxygen atoms in total. The molecular formula is C36H36F2O10. The van der Waals surface area contributed by atoms with Crippen LogP contribution in [0, 0.1) is 0 Å². The van der Waals surface area contributed by atoms with Gasteiger partial charge in [-0.25, -0.2) is 9.59 Å². The Morgan fingerprint density at radius 1 is 0.812 bits per heavy atom. The average molecular weight is 667 g/mol. The molecule has 0 radical (unpaired) electrons. The van der Waals surface area contributed by atoms with E-state index in [-0.39, 0.29) is 17.7 Å². The summed E-state index contributed by atoms with van der Waals surface area (Å²) in [6.07, 6.45) is -9.37. The molecular weight excluding hydrogens is 630 g/mol. The van der Waals surface area contributed by atoms with E-state index in [0.29, 0.717) is 0 Å². The van der Waals surface area contributed by atoms with Gasteiger partial charge in [0.05, 0.1) is 23.8 Å². The van der Waals surface area contributed by atoms with Crippen molar-refractivity contribution in [3.8, 4) is 0 Å². The van der Waals surface area contributed by atoms with Gasteiger partial charge in [-0.15, -0.1) is 0 Å². The summed E-state index contributed by atoms with van der Waals surface area (Å²) in [4.78, 5) is 38.8. The Labute approximate surface area is 276 Å². The quantitative estimate of drug-likeness (QED) is 0.237. The molecule has 3 aliphatic heterocycles. The van der Waals surface area contributed by atoms with Gasteiger partial charge in [-0.3, -0.25) is 4.79 Å². The predicted molar refractivity (Wildman–Crippen MR) is 164 cm³/mol. The lowest BCUT2D eigenvalue weighted by molar-refractivity contribution is -0.221. The Kier molecular flexibility index (Phi) is 10.00. The van der Waals surface area contributed by atoms with E-state index >= 15 is 8.78 Å². The molecule has 48 heavy (non-hydrogen) atoms. The number of rotatable bonds is 12. The topological polar surface area (TPSA) is 116 Å². The smallest absolute Gasteiger partial charge is 0.338 e. The number of ether oxygens (including phenoxy) is 7. The molecule has 0 spiro atoms. The summed E-state index contributed by atoms with van der Waals surface area (Å²) in [5.41, 5.74) is 1.28. The van der Waals surface area contributed by atoms with Crippen molar-refractivity contribution in [3.05, 3.63) is 108 Å². The third kappa shape index (κ3) is 7.63. The summed E-state index contributed by atoms with van der Waals surface area (Å²) < 4.78 is 72.2. The predicted octanol–water partition coefficient (Wildman–Crippen LogP) is 5.28. The lowest BCUT2D eigenvalue weighted by Gasteiger charge is -2.27. The molecule has 0 amide bonds. The minimum absolute atomic E-state index is 0.131. The van der Waals surface area contributed by atoms with Crippen molar-refractivity contribution in [2.75, 3.05) is 6.61 Å². The van der Waals surface area contributed by atoms with Gasteiger partial charge in [0.1, 0.15) is 37.1 Å². The fraction of sp³-hybridized carbons (Fsp3) is 0.417. The number of hydrogen-bond donors (Lipinski definition) is 0. The van der Waals surface area contributed by atoms with E-state index < -0.39 is 91.8 Å². The minimum atomic E-state index is -4.03. The van der Waals surface area contributed by atoms with Gasteiger partial charge in [0.2, 0.25) is 5.78 Å². The molecule has 3 heterocycles. The number of carbonyl (C=O) groups excluding carboxylic acids is 3. The second-order valence-corrected chi connectivity index (χ2v) is 12.3. The Balaban J connectivity index is 1.15. The van der Waals surface area contributed by atoms with Crippen LogP contribution in [0.1, 0.15) is 53.0 Å². The van der Waals surface area contributed by atoms with Crippen LogP contribution in [0.5, 0.6) is 0 Å². The van der Waals surface area contributed by atoms with Crippen molar-refractivity contribution in [1.29, 1.82) is 0 Å². The number of carbonyl (C=O) groups is 3. The number of alkyl halides is 2. The number of hydrogen-bond acceptors (Lipinski definition) is 10. The molecule has 3 aromatic carbocycles. The fourth-order valence-electron chi connectivity index (χ4n) is 5.99. The summed E-state index contributed by atoms with van der Waals surface area (Å²) in [5.74, 6) is -7.96. The highest BCUT2D eigenvalue weighted by Crippen LogP contribution is 2.42. The maximum absolute atomic E-state index is 16.0. The molecule has 0 aliphatic carbocycles. The number of fused-ring (bicyclic) bond motifs is 1. The van der Waals surface area contributed by atoms with Crippen LogP contribution < -0.4 is 0 Å². The van der Waals surface area contributed by atoms with Crippen LogP contribution in [0.25, 0.3) is 0 Å². The summed E-state index contributed by atoms with van der Waals surface area (Å²) in [5, 5.41) is 0. The van der Waals surface area contributed by atoms with Crippen molar-refractivity contribution in [3.63, 3.8) is 0 Å². The lowest BCUT2D eigenvalue weighted by Crippen LogP contribution is -2.45. The molecule has 0 unspecified atom stereocenters. The highest BCUT2D eigenvalue weighted by atomic mass is 19.3. The van der Waals surface area contributed by atoms with E-state index in [0.717, 1.165) is 5.56 Å². The number of halogens is 2. The zero-order chi connectivity index (χ0) is 33.9. The van der Waals surface area contributed by atoms with Crippen LogP contribution in [0.2, 0.25) is 0 Å². The van der Waals surface area contributed by atoms with E-state index in [4.69, 9.17) is 33.2 Å². The van der Waals surface area contributed by atoms with Crippen LogP contribution in [-0.2, 0) is 44.6 Å². The SMILES string of the molecule is CC1(C)O[C@H]2O[C@H](CC(=O)C(F)(F)[C@@H]3C[C@@H](OC(=O)c4ccccc4)[C@@H](COC(=O)c4ccccc4)O3)[C@@H](OCc3ccccc3)[C@H]2O1. The normalized spacial score (nSPS) is 27.7. The molecule has 7 atom stereocenters. The first-order valence-corrected chi connectivity index (χ1v) is 15.7. The summed E-state index contributed by atoms with van der Waals surface area (Å²) >= 11 is 0. The first-order chi connectivity index (χ1) is 23.0. The van der Waals surface area contributed by atoms with Crippen molar-refractivity contribution in [2.45, 2.75) is 87.9 Å². The van der Waals surface area contributed by atoms with Gasteiger partial charge in [-0.05, 0) is 43.7 Å². The van der Waals surface area contributed by atoms with Crippen molar-refractivity contribution in [2.24, 2.45) is 0 Å². The average Bonchev–Trinajstić information content (AvgIpc) is 3.73. The molecule has 0 saturated carbocycles. The van der Waals surface area contributed by atoms with Crippen LogP contribution in [0.15, 0.2) is 91.0 Å². The van der Waals surface area contributed by atoms with E-state index in [1.165, 1.54) is 24.3 Å². The molecule has 3 saturated heterocycles. The van der Waals surface area contributed by atoms with Crippen LogP contribution in [0.3, 0.4) is 0 Å². The maximum Gasteiger partial charge on any atom is 0.338 e. The van der Waals surface area contributed by atoms with E-state index in [9.17, 15) is 14.4 Å². The fourth-order valence-corrected chi connectivity index (χ4v) is 5.99. The Bertz CT molecular complexity index is 1570. The standard InChI is InChI=1S/C36H36F2O10/c1-35(2)47-31-30(42-20-22-12-6-3-7-13-22)26(46-34(31)48-35)18-28(39)36(37,38)29-19-25(45-33(41)24-16-10-5-11-17-24)27(44-29)21-43-32(40)23-14-8-4-9-15-23/h3-17,25-27,29-31,34H,18-21H2,1-2H3/t25-,26-,27-,29+,30-,31-,34-/m1/s1. The summed E-state index contributed by atoms with van der Waals surface area (Å²) in [7, 11) is 0. The highest BCUT2D eigenvalue weighted by molar-refractivity contribution is 5.90. The molecule has 3 fully saturated rings. The van der Waals surface area contributed by atoms with Gasteiger partial charge in [-0.1, -0.05) is 66.7 Å². The van der Waals surface area contributed by atoms with E-state index in [1.54, 1.807) is 50.2 Å². The van der Waals surface area contributed by atoms with Gasteiger partial charge >= 0.3 is 17.9 Å². The van der Waals surface area contributed by atoms with Gasteiger partial charge in [0.15, 0.2) is 12.1 Å². The van der Waals surface area contributed by atoms with Crippen molar-refractivity contribution in [1.82, 2.24) is 0 Å². The molecule has 3 aromatic rings. The zero-order valence-corrected chi connectivity index (χ0v) is 26.4. The van der Waals surface area contributed by atoms with Crippen molar-refractivity contribution < 1.29 is 56.3 Å². The van der Waals surface area contributed by atoms with Gasteiger partial charge < -0.3 is 33.2 Å². The van der Waals surface area contributed by atoms with Gasteiger partial charge in [0, 0.05) is 12.8 Å². The van der Waals surface area contributed by atoms with Gasteiger partial charge in [0.25, 0.3) is 0 Å². The number of esters is 2. The Morgan fingerprint density at radius 3 is 2.06 bits per heavy atom. The first-order valence-electron chi connectivity index (χ1n) is 15.7. The van der Waals surface area contributed by atoms with Gasteiger partial charge in [-0.2, -0.15) is 8.78 Å². The van der Waals surface area contributed by atoms with Crippen LogP contribution in [-0.4, -0.2) is 79.0 Å². The van der Waals surface area contributed by atoms with E-state index in [2.05, 4.69) is 0 Å². The Hall–Kier alpha value is -4.07. The second-order valence-electron chi connectivity index (χ2n) is 12.3. The lowest BCUT2D eigenvalue weighted by atomic mass is 9.97. The molecule has 254 valence electrons. The minimum Gasteiger partial charge on any atom is -0.459 e. The zero-order valence-electron chi connectivity index (χ0n) is 26.4. The van der Waals surface area contributed by atoms with Crippen LogP contribution in [0.4, 0.5) is 8.78 Å². The van der Waals surface area contributed by atoms with E-state index in [1.807, 2.05) is 30.3 Å². The maximum atomic E-state index is 16.0. The Morgan fingerprint density at radius 2 is 1.42 bits per heavy atom. The highest BCUT2D eigenvalue weighted by Gasteiger charge is 2.59. The molecule has 3 aliphatic rings. The summed E-state index contributed by atoms with van der Waals surface area (Å²) in [6, 6.07) is 25.3. The molecule has 0 aromatic heterocycles. The summed E-state index contributed by atoms with van der Waals surface area (Å²) in [6.45, 7) is 3.04. The second kappa shape index (κ2) is 14.2. The molecule has 12 heteroatoms. The largest absolute Gasteiger partial charge is 0.459 e. The number of Topliss-reactive ketones (excluding diaryl/α,β-unsaturated/α-hetero) is 1. The molecule has 0 bridgehead atoms.